The summed E-state index contributed by atoms with van der Waals surface area (Å²) in [6.45, 7) is 2.26. The van der Waals surface area contributed by atoms with Gasteiger partial charge in [-0.2, -0.15) is 0 Å². The Balaban J connectivity index is -0.000000867. The number of allylic oxidation sites excluding steroid dienone is 2. The van der Waals surface area contributed by atoms with Crippen molar-refractivity contribution in [3.63, 3.8) is 0 Å². The number of carboxylic acids is 1. The van der Waals surface area contributed by atoms with Gasteiger partial charge in [0.15, 0.2) is 0 Å². The zero-order valence-corrected chi connectivity index (χ0v) is 15.2. The standard InChI is InChI=1S/C18H34O2.CH2O3.K.H/c1-2-3-4-5-6-7-8-9-10-11-12-13-14-15-16-17-18(19)20;2-1(3)4;;/h9-10H,2-8,11-17H2,1H3,(H,19,20);(H2,2,3,4);;/b10-9-;;;. The molecule has 5 nitrogen and oxygen atoms in total. The molecule has 144 valence electrons. The molecule has 0 aliphatic rings. The van der Waals surface area contributed by atoms with E-state index in [9.17, 15) is 4.79 Å². The Morgan fingerprint density at radius 2 is 1.04 bits per heavy atom. The fourth-order valence-corrected chi connectivity index (χ4v) is 2.35. The molecule has 0 aromatic rings. The van der Waals surface area contributed by atoms with Gasteiger partial charge in [-0.1, -0.05) is 70.4 Å². The fourth-order valence-electron chi connectivity index (χ4n) is 2.35. The number of hydrogen-bond donors (Lipinski definition) is 3. The van der Waals surface area contributed by atoms with Gasteiger partial charge in [0, 0.05) is 6.42 Å². The average Bonchev–Trinajstić information content (AvgIpc) is 2.50. The summed E-state index contributed by atoms with van der Waals surface area (Å²) in [4.78, 5) is 18.9. The summed E-state index contributed by atoms with van der Waals surface area (Å²) in [5, 5.41) is 22.5. The first-order valence-corrected chi connectivity index (χ1v) is 9.29. The first kappa shape index (κ1) is 29.9. The van der Waals surface area contributed by atoms with Crippen molar-refractivity contribution >= 4 is 63.5 Å². The Morgan fingerprint density at radius 1 is 0.680 bits per heavy atom. The van der Waals surface area contributed by atoms with Crippen molar-refractivity contribution in [2.24, 2.45) is 0 Å². The topological polar surface area (TPSA) is 94.8 Å². The van der Waals surface area contributed by atoms with Crippen LogP contribution in [-0.4, -0.2) is 78.8 Å². The van der Waals surface area contributed by atoms with Gasteiger partial charge in [0.25, 0.3) is 0 Å². The molecule has 25 heavy (non-hydrogen) atoms. The molecule has 0 aliphatic heterocycles. The van der Waals surface area contributed by atoms with Crippen LogP contribution in [0.15, 0.2) is 12.2 Å². The summed E-state index contributed by atoms with van der Waals surface area (Å²) in [7, 11) is 0. The van der Waals surface area contributed by atoms with Crippen molar-refractivity contribution < 1.29 is 24.9 Å². The predicted molar refractivity (Wildman–Crippen MR) is 105 cm³/mol. The van der Waals surface area contributed by atoms with Crippen molar-refractivity contribution in [3.8, 4) is 0 Å². The van der Waals surface area contributed by atoms with Crippen molar-refractivity contribution in [1.29, 1.82) is 0 Å². The van der Waals surface area contributed by atoms with Gasteiger partial charge in [-0.05, 0) is 32.1 Å². The van der Waals surface area contributed by atoms with Crippen LogP contribution >= 0.6 is 0 Å². The molecule has 0 aliphatic carbocycles. The van der Waals surface area contributed by atoms with E-state index in [0.29, 0.717) is 6.42 Å². The predicted octanol–water partition coefficient (Wildman–Crippen LogP) is 5.68. The molecule has 0 bridgehead atoms. The van der Waals surface area contributed by atoms with E-state index < -0.39 is 12.1 Å². The quantitative estimate of drug-likeness (QED) is 0.192. The summed E-state index contributed by atoms with van der Waals surface area (Å²) >= 11 is 0. The molecular weight excluding hydrogens is 347 g/mol. The summed E-state index contributed by atoms with van der Waals surface area (Å²) in [6.07, 6.45) is 19.4. The van der Waals surface area contributed by atoms with Crippen LogP contribution in [0.3, 0.4) is 0 Å². The SMILES string of the molecule is CCCCCCCC/C=C\CCCCCCCC(=O)O.O=C(O)O.[KH]. The molecule has 0 rings (SSSR count). The second-order valence-corrected chi connectivity index (χ2v) is 6.01. The van der Waals surface area contributed by atoms with Crippen molar-refractivity contribution in [2.75, 3.05) is 0 Å². The van der Waals surface area contributed by atoms with Crippen LogP contribution < -0.4 is 0 Å². The van der Waals surface area contributed by atoms with Gasteiger partial charge in [0.1, 0.15) is 0 Å². The second-order valence-electron chi connectivity index (χ2n) is 6.01. The Kier molecular flexibility index (Phi) is 31.5. The van der Waals surface area contributed by atoms with Gasteiger partial charge in [0.05, 0.1) is 0 Å². The number of carbonyl (C=O) groups is 2. The van der Waals surface area contributed by atoms with Gasteiger partial charge < -0.3 is 15.3 Å². The first-order valence-electron chi connectivity index (χ1n) is 9.29. The van der Waals surface area contributed by atoms with Crippen LogP contribution in [-0.2, 0) is 4.79 Å². The summed E-state index contributed by atoms with van der Waals surface area (Å²) < 4.78 is 0. The summed E-state index contributed by atoms with van der Waals surface area (Å²) in [5.41, 5.74) is 0. The third-order valence-corrected chi connectivity index (χ3v) is 3.65. The molecule has 0 aromatic carbocycles. The number of carboxylic acid groups (broad SMARTS) is 3. The molecule has 0 atom stereocenters. The number of rotatable bonds is 15. The Labute approximate surface area is 195 Å². The normalized spacial score (nSPS) is 9.96. The van der Waals surface area contributed by atoms with E-state index in [0.717, 1.165) is 12.8 Å². The molecule has 0 spiro atoms. The molecule has 0 radical (unpaired) electrons. The minimum atomic E-state index is -1.83. The van der Waals surface area contributed by atoms with Crippen LogP contribution in [0.2, 0.25) is 0 Å². The molecule has 0 amide bonds. The molecule has 0 fully saturated rings. The number of unbranched alkanes of at least 4 members (excludes halogenated alkanes) is 11. The first-order chi connectivity index (χ1) is 11.5. The molecule has 6 heteroatoms. The van der Waals surface area contributed by atoms with E-state index in [-0.39, 0.29) is 51.4 Å². The van der Waals surface area contributed by atoms with Gasteiger partial charge in [-0.15, -0.1) is 0 Å². The molecule has 0 saturated heterocycles. The summed E-state index contributed by atoms with van der Waals surface area (Å²) in [6, 6.07) is 0. The van der Waals surface area contributed by atoms with Gasteiger partial charge in [-0.3, -0.25) is 4.79 Å². The molecule has 3 N–H and O–H groups in total. The minimum absolute atomic E-state index is 0. The average molecular weight is 385 g/mol. The molecule has 0 aromatic heterocycles. The van der Waals surface area contributed by atoms with E-state index in [1.54, 1.807) is 0 Å². The van der Waals surface area contributed by atoms with E-state index in [1.807, 2.05) is 0 Å². The van der Waals surface area contributed by atoms with E-state index >= 15 is 0 Å². The monoisotopic (exact) mass is 384 g/mol. The van der Waals surface area contributed by atoms with Gasteiger partial charge in [-0.25, -0.2) is 4.79 Å². The van der Waals surface area contributed by atoms with E-state index in [2.05, 4.69) is 19.1 Å². The third-order valence-electron chi connectivity index (χ3n) is 3.65. The zero-order valence-electron chi connectivity index (χ0n) is 15.2. The molecule has 0 unspecified atom stereocenters. The second kappa shape index (κ2) is 26.3. The fraction of sp³-hybridized carbons (Fsp3) is 0.789. The van der Waals surface area contributed by atoms with Crippen molar-refractivity contribution in [1.82, 2.24) is 0 Å². The maximum absolute atomic E-state index is 10.3. The van der Waals surface area contributed by atoms with Crippen molar-refractivity contribution in [2.45, 2.75) is 96.8 Å². The Morgan fingerprint density at radius 3 is 1.44 bits per heavy atom. The number of hydrogen-bond acceptors (Lipinski definition) is 2. The van der Waals surface area contributed by atoms with Crippen molar-refractivity contribution in [3.05, 3.63) is 12.2 Å². The summed E-state index contributed by atoms with van der Waals surface area (Å²) in [5.74, 6) is -0.664. The van der Waals surface area contributed by atoms with Crippen LogP contribution in [0.1, 0.15) is 96.8 Å². The molecule has 0 heterocycles. The maximum atomic E-state index is 10.3. The van der Waals surface area contributed by atoms with Gasteiger partial charge in [0.2, 0.25) is 0 Å². The Bertz CT molecular complexity index is 315. The van der Waals surface area contributed by atoms with Crippen LogP contribution in [0.25, 0.3) is 0 Å². The van der Waals surface area contributed by atoms with Crippen LogP contribution in [0.4, 0.5) is 4.79 Å². The zero-order chi connectivity index (χ0) is 18.5. The van der Waals surface area contributed by atoms with Crippen LogP contribution in [0, 0.1) is 0 Å². The molecule has 0 saturated carbocycles. The third kappa shape index (κ3) is 40.3. The van der Waals surface area contributed by atoms with Crippen LogP contribution in [0.5, 0.6) is 0 Å². The molecular formula is C19H37KO5. The van der Waals surface area contributed by atoms with E-state index in [4.69, 9.17) is 20.1 Å². The van der Waals surface area contributed by atoms with Gasteiger partial charge >= 0.3 is 63.5 Å². The Hall–Kier alpha value is 0.116. The number of aliphatic carboxylic acids is 1. The van der Waals surface area contributed by atoms with E-state index in [1.165, 1.54) is 70.6 Å².